The van der Waals surface area contributed by atoms with Gasteiger partial charge in [-0.25, -0.2) is 23.4 Å². The number of nitrogens with one attached hydrogen (secondary N) is 3. The quantitative estimate of drug-likeness (QED) is 0.0994. The molecule has 3 fully saturated rings. The molecule has 6 aromatic rings. The van der Waals surface area contributed by atoms with Gasteiger partial charge in [-0.1, -0.05) is 37.5 Å². The van der Waals surface area contributed by atoms with Crippen LogP contribution in [0.5, 0.6) is 23.3 Å². The van der Waals surface area contributed by atoms with Crippen LogP contribution in [0.2, 0.25) is 0 Å². The number of methoxy groups -OCH3 is 2. The number of amides is 4. The van der Waals surface area contributed by atoms with Crippen molar-refractivity contribution >= 4 is 45.2 Å². The van der Waals surface area contributed by atoms with Crippen LogP contribution in [0.25, 0.3) is 21.5 Å². The lowest BCUT2D eigenvalue weighted by atomic mass is 9.97. The number of aromatic amines is 1. The molecule has 4 amide bonds. The number of aromatic nitrogens is 6. The van der Waals surface area contributed by atoms with E-state index in [9.17, 15) is 28.0 Å². The monoisotopic (exact) mass is 986 g/mol. The molecular formula is C51H52F2N10O9. The zero-order valence-corrected chi connectivity index (χ0v) is 39.8. The van der Waals surface area contributed by atoms with Gasteiger partial charge < -0.3 is 45.8 Å². The number of alkyl halides is 2. The number of pyridine rings is 2. The van der Waals surface area contributed by atoms with Gasteiger partial charge in [0.1, 0.15) is 30.9 Å². The summed E-state index contributed by atoms with van der Waals surface area (Å²) in [6.45, 7) is 4.42. The normalized spacial score (nSPS) is 21.3. The summed E-state index contributed by atoms with van der Waals surface area (Å²) in [6, 6.07) is 5.41. The highest BCUT2D eigenvalue weighted by molar-refractivity contribution is 6.04. The van der Waals surface area contributed by atoms with E-state index in [0.717, 1.165) is 19.3 Å². The fourth-order valence-electron chi connectivity index (χ4n) is 8.91. The average molecular weight is 987 g/mol. The molecule has 7 N–H and O–H groups in total. The van der Waals surface area contributed by atoms with Crippen molar-refractivity contribution in [2.24, 2.45) is 23.3 Å². The summed E-state index contributed by atoms with van der Waals surface area (Å²) in [5.41, 5.74) is 13.9. The Kier molecular flexibility index (Phi) is 15.4. The third-order valence-corrected chi connectivity index (χ3v) is 12.8. The highest BCUT2D eigenvalue weighted by Crippen LogP contribution is 2.36. The van der Waals surface area contributed by atoms with Gasteiger partial charge in [0.2, 0.25) is 11.8 Å². The number of carbonyl (C=O) groups excluding carboxylic acids is 4. The highest BCUT2D eigenvalue weighted by atomic mass is 19.1. The molecule has 1 unspecified atom stereocenters. The number of hydrogen-bond acceptors (Lipinski definition) is 13. The molecule has 2 aromatic carbocycles. The Labute approximate surface area is 412 Å². The van der Waals surface area contributed by atoms with Gasteiger partial charge in [-0.05, 0) is 56.4 Å². The van der Waals surface area contributed by atoms with Gasteiger partial charge in [0.15, 0.2) is 12.3 Å². The van der Waals surface area contributed by atoms with Crippen LogP contribution in [0.1, 0.15) is 95.1 Å². The number of benzene rings is 2. The Hall–Kier alpha value is -8.30. The summed E-state index contributed by atoms with van der Waals surface area (Å²) in [5.74, 6) is 9.62. The third kappa shape index (κ3) is 10.7. The number of ether oxygens (including phenoxy) is 5. The third-order valence-electron chi connectivity index (χ3n) is 12.8. The molecular weight excluding hydrogens is 935 g/mol. The van der Waals surface area contributed by atoms with E-state index in [4.69, 9.17) is 35.2 Å². The topological polar surface area (TPSA) is 263 Å². The summed E-state index contributed by atoms with van der Waals surface area (Å²) in [7, 11) is 2.85. The Morgan fingerprint density at radius 1 is 0.736 bits per heavy atom. The summed E-state index contributed by atoms with van der Waals surface area (Å²) in [4.78, 5) is 56.5. The molecule has 7 heterocycles. The molecule has 3 aliphatic rings. The van der Waals surface area contributed by atoms with E-state index < -0.39 is 59.9 Å². The number of nitrogens with zero attached hydrogens (tertiary/aromatic N) is 5. The van der Waals surface area contributed by atoms with Gasteiger partial charge in [0.25, 0.3) is 23.6 Å². The summed E-state index contributed by atoms with van der Waals surface area (Å²) in [5, 5.41) is 18.4. The van der Waals surface area contributed by atoms with Gasteiger partial charge in [-0.15, -0.1) is 0 Å². The first-order chi connectivity index (χ1) is 34.8. The van der Waals surface area contributed by atoms with Crippen LogP contribution in [0.15, 0.2) is 61.4 Å². The molecule has 19 nitrogen and oxygen atoms in total. The maximum absolute atomic E-state index is 14.2. The molecule has 0 bridgehead atoms. The fourth-order valence-corrected chi connectivity index (χ4v) is 8.91. The van der Waals surface area contributed by atoms with Gasteiger partial charge in [0, 0.05) is 64.8 Å². The number of primary amides is 2. The molecule has 4 aromatic heterocycles. The zero-order valence-electron chi connectivity index (χ0n) is 39.8. The van der Waals surface area contributed by atoms with Crippen LogP contribution in [0.3, 0.4) is 0 Å². The second kappa shape index (κ2) is 22.2. The molecule has 72 heavy (non-hydrogen) atoms. The first-order valence-corrected chi connectivity index (χ1v) is 23.3. The van der Waals surface area contributed by atoms with Crippen LogP contribution in [-0.4, -0.2) is 112 Å². The minimum atomic E-state index is -1.57. The summed E-state index contributed by atoms with van der Waals surface area (Å²) < 4.78 is 58.5. The predicted molar refractivity (Wildman–Crippen MR) is 257 cm³/mol. The lowest BCUT2D eigenvalue weighted by Gasteiger charge is -2.22. The predicted octanol–water partition coefficient (Wildman–Crippen LogP) is 4.59. The summed E-state index contributed by atoms with van der Waals surface area (Å²) >= 11 is 0. The van der Waals surface area contributed by atoms with Crippen molar-refractivity contribution in [1.82, 2.24) is 40.6 Å². The van der Waals surface area contributed by atoms with E-state index in [1.165, 1.54) is 20.4 Å². The van der Waals surface area contributed by atoms with Crippen molar-refractivity contribution < 1.29 is 51.6 Å². The molecule has 0 saturated carbocycles. The molecule has 0 radical (unpaired) electrons. The van der Waals surface area contributed by atoms with E-state index in [1.807, 2.05) is 20.0 Å². The number of nitrogens with two attached hydrogens (primary N) is 2. The van der Waals surface area contributed by atoms with E-state index in [0.29, 0.717) is 63.2 Å². The number of hydrogen-bond donors (Lipinski definition) is 5. The second-order valence-electron chi connectivity index (χ2n) is 17.2. The lowest BCUT2D eigenvalue weighted by molar-refractivity contribution is -0.124. The Bertz CT molecular complexity index is 3140. The second-order valence-corrected chi connectivity index (χ2v) is 17.2. The molecule has 7 atom stereocenters. The Morgan fingerprint density at radius 2 is 1.26 bits per heavy atom. The number of halogens is 2. The van der Waals surface area contributed by atoms with Gasteiger partial charge in [-0.2, -0.15) is 10.2 Å². The molecule has 21 heteroatoms. The number of fused-ring (bicyclic) bond motifs is 2. The number of carbonyl (C=O) groups is 4. The minimum Gasteiger partial charge on any atom is -0.496 e. The van der Waals surface area contributed by atoms with Gasteiger partial charge in [-0.3, -0.25) is 24.3 Å². The van der Waals surface area contributed by atoms with Gasteiger partial charge >= 0.3 is 0 Å². The van der Waals surface area contributed by atoms with E-state index in [-0.39, 0.29) is 53.8 Å². The number of rotatable bonds is 13. The van der Waals surface area contributed by atoms with Crippen LogP contribution in [0, 0.1) is 35.5 Å². The Balaban J connectivity index is 0.000000195. The molecule has 3 aliphatic heterocycles. The molecule has 9 rings (SSSR count). The van der Waals surface area contributed by atoms with E-state index in [1.54, 1.807) is 53.7 Å². The van der Waals surface area contributed by atoms with Crippen molar-refractivity contribution in [2.75, 3.05) is 34.0 Å². The van der Waals surface area contributed by atoms with E-state index in [2.05, 4.69) is 59.6 Å². The van der Waals surface area contributed by atoms with Crippen LogP contribution in [-0.2, 0) is 14.3 Å². The Morgan fingerprint density at radius 3 is 1.71 bits per heavy atom. The number of H-pyrrole nitrogens is 1. The first-order valence-electron chi connectivity index (χ1n) is 23.3. The van der Waals surface area contributed by atoms with Crippen molar-refractivity contribution in [3.8, 4) is 46.9 Å². The van der Waals surface area contributed by atoms with Gasteiger partial charge in [0.05, 0.1) is 72.1 Å². The zero-order chi connectivity index (χ0) is 51.1. The van der Waals surface area contributed by atoms with Crippen molar-refractivity contribution in [2.45, 2.75) is 76.6 Å². The highest BCUT2D eigenvalue weighted by Gasteiger charge is 2.43. The molecule has 374 valence electrons. The minimum absolute atomic E-state index is 0.0279. The van der Waals surface area contributed by atoms with Crippen LogP contribution >= 0.6 is 0 Å². The van der Waals surface area contributed by atoms with Crippen molar-refractivity contribution in [1.29, 1.82) is 0 Å². The molecule has 0 spiro atoms. The molecule has 3 saturated heterocycles. The smallest absolute Gasteiger partial charge is 0.255 e. The average Bonchev–Trinajstić information content (AvgIpc) is 4.21. The van der Waals surface area contributed by atoms with Crippen LogP contribution < -0.4 is 41.0 Å². The lowest BCUT2D eigenvalue weighted by Crippen LogP contribution is -2.34. The SMILES string of the molecule is CC[C@@H]1[C@H](F)C(=O)N[C@@H]1COc1ncc(C#Cc2cn[nH]c2)c2cc(C(N)=O)c(OC)cc12.CC[C@@H]1[C@H](F)C(=O)N[C@@H]1COc1ncc(C#Cc2cnn(C3CCCCO3)c2)c2cc(C(N)=O)c(OC)cc12. The maximum Gasteiger partial charge on any atom is 0.255 e. The maximum atomic E-state index is 14.2. The fraction of sp³-hybridized carbons (Fsp3) is 0.373. The van der Waals surface area contributed by atoms with E-state index >= 15 is 0 Å². The van der Waals surface area contributed by atoms with Crippen molar-refractivity contribution in [3.63, 3.8) is 0 Å². The standard InChI is InChI=1S/C28H30FN5O5.C23H22FN5O4/c1-3-18-22(33-27(36)25(18)29)15-39-28-20-11-23(37-2)21(26(30)35)10-19(20)17(13-31-28)8-7-16-12-32-34(14-16)24-6-4-5-9-38-24;1-3-14-18(29-22(31)20(14)24)11-33-23-16-7-19(32-2)17(21(25)30)6-15(16)13(10-26-23)5-4-12-8-27-28-9-12/h10-14,18,22,24-25H,3-6,9,15H2,1-2H3,(H2,30,35)(H,33,36);6-10,14,18,20H,3,11H2,1-2H3,(H2,25,30)(H,27,28)(H,29,31)/t18-,22+,24?,25-;14-,18+,20-/m00/s1. The summed E-state index contributed by atoms with van der Waals surface area (Å²) in [6.07, 6.45) is 10.6. The van der Waals surface area contributed by atoms with Crippen molar-refractivity contribution in [3.05, 3.63) is 94.8 Å². The largest absolute Gasteiger partial charge is 0.496 e. The van der Waals surface area contributed by atoms with Crippen LogP contribution in [0.4, 0.5) is 8.78 Å². The first kappa shape index (κ1) is 50.1. The molecule has 0 aliphatic carbocycles.